The van der Waals surface area contributed by atoms with Crippen molar-refractivity contribution < 1.29 is 14.6 Å². The first-order chi connectivity index (χ1) is 13.6. The highest BCUT2D eigenvalue weighted by Crippen LogP contribution is 2.38. The number of carbonyl (C=O) groups is 1. The van der Waals surface area contributed by atoms with Crippen LogP contribution in [0.3, 0.4) is 0 Å². The van der Waals surface area contributed by atoms with Crippen molar-refractivity contribution in [3.63, 3.8) is 0 Å². The standard InChI is InChI=1S/C21H23N3O3S/c1-13-6-8-14(9-7-13)10-22-20-19-15-4-2-3-5-16(15)28-21(19)24-17(23-20)11-27-12-18(25)26/h6-9H,2-5,10-12H2,1H3,(H,25,26)(H,22,23,24). The smallest absolute Gasteiger partial charge is 0.329 e. The van der Waals surface area contributed by atoms with E-state index in [4.69, 9.17) is 9.84 Å². The highest BCUT2D eigenvalue weighted by molar-refractivity contribution is 7.19. The minimum atomic E-state index is -0.995. The van der Waals surface area contributed by atoms with Crippen molar-refractivity contribution in [3.05, 3.63) is 51.7 Å². The third-order valence-electron chi connectivity index (χ3n) is 4.90. The van der Waals surface area contributed by atoms with Gasteiger partial charge >= 0.3 is 5.97 Å². The second-order valence-corrected chi connectivity index (χ2v) is 8.19. The van der Waals surface area contributed by atoms with Crippen LogP contribution in [0.1, 0.15) is 40.2 Å². The number of benzene rings is 1. The van der Waals surface area contributed by atoms with Crippen molar-refractivity contribution in [1.82, 2.24) is 9.97 Å². The Morgan fingerprint density at radius 1 is 1.21 bits per heavy atom. The number of hydrogen-bond acceptors (Lipinski definition) is 6. The second kappa shape index (κ2) is 8.24. The summed E-state index contributed by atoms with van der Waals surface area (Å²) in [5, 5.41) is 13.4. The van der Waals surface area contributed by atoms with Crippen LogP contribution in [-0.4, -0.2) is 27.7 Å². The molecule has 0 aliphatic heterocycles. The Balaban J connectivity index is 1.65. The van der Waals surface area contributed by atoms with E-state index in [1.54, 1.807) is 11.3 Å². The summed E-state index contributed by atoms with van der Waals surface area (Å²) in [7, 11) is 0. The third-order valence-corrected chi connectivity index (χ3v) is 6.08. The maximum Gasteiger partial charge on any atom is 0.329 e. The number of aliphatic carboxylic acids is 1. The summed E-state index contributed by atoms with van der Waals surface area (Å²) in [5.41, 5.74) is 3.79. The van der Waals surface area contributed by atoms with E-state index in [9.17, 15) is 4.79 Å². The van der Waals surface area contributed by atoms with Gasteiger partial charge in [-0.1, -0.05) is 29.8 Å². The van der Waals surface area contributed by atoms with E-state index in [1.165, 1.54) is 34.4 Å². The molecule has 7 heteroatoms. The van der Waals surface area contributed by atoms with Gasteiger partial charge in [0.15, 0.2) is 5.82 Å². The van der Waals surface area contributed by atoms with E-state index in [-0.39, 0.29) is 13.2 Å². The lowest BCUT2D eigenvalue weighted by Crippen LogP contribution is -2.10. The van der Waals surface area contributed by atoms with Gasteiger partial charge in [-0.2, -0.15) is 0 Å². The number of nitrogens with one attached hydrogen (secondary N) is 1. The number of ether oxygens (including phenoxy) is 1. The lowest BCUT2D eigenvalue weighted by Gasteiger charge is -2.13. The van der Waals surface area contributed by atoms with Crippen molar-refractivity contribution in [1.29, 1.82) is 0 Å². The van der Waals surface area contributed by atoms with Gasteiger partial charge in [-0.15, -0.1) is 11.3 Å². The maximum atomic E-state index is 10.7. The molecule has 0 spiro atoms. The monoisotopic (exact) mass is 397 g/mol. The van der Waals surface area contributed by atoms with Crippen LogP contribution in [0.4, 0.5) is 5.82 Å². The number of nitrogens with zero attached hydrogens (tertiary/aromatic N) is 2. The molecule has 1 aliphatic carbocycles. The molecular formula is C21H23N3O3S. The van der Waals surface area contributed by atoms with Crippen LogP contribution in [-0.2, 0) is 35.5 Å². The average molecular weight is 398 g/mol. The highest BCUT2D eigenvalue weighted by atomic mass is 32.1. The molecule has 1 aliphatic rings. The van der Waals surface area contributed by atoms with E-state index in [1.807, 2.05) is 0 Å². The fourth-order valence-electron chi connectivity index (χ4n) is 3.52. The van der Waals surface area contributed by atoms with Gasteiger partial charge in [0, 0.05) is 11.4 Å². The number of thiophene rings is 1. The van der Waals surface area contributed by atoms with Gasteiger partial charge in [-0.3, -0.25) is 0 Å². The largest absolute Gasteiger partial charge is 0.480 e. The van der Waals surface area contributed by atoms with Gasteiger partial charge in [-0.25, -0.2) is 14.8 Å². The summed E-state index contributed by atoms with van der Waals surface area (Å²) < 4.78 is 5.22. The summed E-state index contributed by atoms with van der Waals surface area (Å²) >= 11 is 1.73. The quantitative estimate of drug-likeness (QED) is 0.625. The molecule has 1 aromatic carbocycles. The number of anilines is 1. The van der Waals surface area contributed by atoms with E-state index in [0.29, 0.717) is 12.4 Å². The number of carboxylic acids is 1. The molecule has 0 amide bonds. The first-order valence-electron chi connectivity index (χ1n) is 9.50. The summed E-state index contributed by atoms with van der Waals surface area (Å²) in [6.07, 6.45) is 4.57. The van der Waals surface area contributed by atoms with Crippen LogP contribution in [0, 0.1) is 6.92 Å². The molecule has 0 bridgehead atoms. The summed E-state index contributed by atoms with van der Waals surface area (Å²) in [4.78, 5) is 22.4. The number of aryl methyl sites for hydroxylation is 3. The molecule has 0 saturated heterocycles. The third kappa shape index (κ3) is 4.15. The molecule has 2 N–H and O–H groups in total. The van der Waals surface area contributed by atoms with Gasteiger partial charge < -0.3 is 15.2 Å². The number of hydrogen-bond donors (Lipinski definition) is 2. The first-order valence-corrected chi connectivity index (χ1v) is 10.3. The number of rotatable bonds is 7. The SMILES string of the molecule is Cc1ccc(CNc2nc(COCC(=O)O)nc3sc4c(c23)CCCC4)cc1. The van der Waals surface area contributed by atoms with Gasteiger partial charge in [-0.05, 0) is 43.7 Å². The molecule has 0 fully saturated rings. The second-order valence-electron chi connectivity index (χ2n) is 7.11. The van der Waals surface area contributed by atoms with E-state index < -0.39 is 5.97 Å². The molecule has 6 nitrogen and oxygen atoms in total. The highest BCUT2D eigenvalue weighted by Gasteiger charge is 2.21. The Labute approximate surface area is 167 Å². The molecule has 2 heterocycles. The average Bonchev–Trinajstić information content (AvgIpc) is 3.05. The van der Waals surface area contributed by atoms with Crippen LogP contribution in [0.25, 0.3) is 10.2 Å². The van der Waals surface area contributed by atoms with Gasteiger partial charge in [0.1, 0.15) is 23.9 Å². The zero-order valence-electron chi connectivity index (χ0n) is 15.8. The van der Waals surface area contributed by atoms with Gasteiger partial charge in [0.25, 0.3) is 0 Å². The van der Waals surface area contributed by atoms with Gasteiger partial charge in [0.2, 0.25) is 0 Å². The van der Waals surface area contributed by atoms with E-state index in [2.05, 4.69) is 46.5 Å². The number of aromatic nitrogens is 2. The Kier molecular flexibility index (Phi) is 5.54. The Hall–Kier alpha value is -2.51. The summed E-state index contributed by atoms with van der Waals surface area (Å²) in [5.74, 6) is 0.336. The molecule has 0 radical (unpaired) electrons. The van der Waals surface area contributed by atoms with Gasteiger partial charge in [0.05, 0.1) is 5.39 Å². The fraction of sp³-hybridized carbons (Fsp3) is 0.381. The zero-order valence-corrected chi connectivity index (χ0v) is 16.6. The molecule has 4 rings (SSSR count). The molecule has 2 aromatic heterocycles. The van der Waals surface area contributed by atoms with Crippen LogP contribution in [0.5, 0.6) is 0 Å². The molecule has 3 aromatic rings. The number of carboxylic acid groups (broad SMARTS) is 1. The molecular weight excluding hydrogens is 374 g/mol. The van der Waals surface area contributed by atoms with Crippen molar-refractivity contribution in [2.75, 3.05) is 11.9 Å². The predicted molar refractivity (Wildman–Crippen MR) is 110 cm³/mol. The lowest BCUT2D eigenvalue weighted by molar-refractivity contribution is -0.142. The molecule has 0 saturated carbocycles. The van der Waals surface area contributed by atoms with Crippen molar-refractivity contribution in [2.45, 2.75) is 45.8 Å². The van der Waals surface area contributed by atoms with Crippen LogP contribution in [0.15, 0.2) is 24.3 Å². The molecule has 0 unspecified atom stereocenters. The fourth-order valence-corrected chi connectivity index (χ4v) is 4.80. The van der Waals surface area contributed by atoms with Crippen molar-refractivity contribution in [3.8, 4) is 0 Å². The Morgan fingerprint density at radius 2 is 2.00 bits per heavy atom. The first kappa shape index (κ1) is 18.8. The number of fused-ring (bicyclic) bond motifs is 3. The van der Waals surface area contributed by atoms with Crippen LogP contribution >= 0.6 is 11.3 Å². The minimum absolute atomic E-state index is 0.0873. The summed E-state index contributed by atoms with van der Waals surface area (Å²) in [6, 6.07) is 8.43. The van der Waals surface area contributed by atoms with Crippen LogP contribution in [0.2, 0.25) is 0 Å². The Morgan fingerprint density at radius 3 is 2.79 bits per heavy atom. The topological polar surface area (TPSA) is 84.3 Å². The minimum Gasteiger partial charge on any atom is -0.480 e. The van der Waals surface area contributed by atoms with E-state index >= 15 is 0 Å². The van der Waals surface area contributed by atoms with E-state index in [0.717, 1.165) is 28.9 Å². The zero-order chi connectivity index (χ0) is 19.5. The normalized spacial score (nSPS) is 13.5. The summed E-state index contributed by atoms with van der Waals surface area (Å²) in [6.45, 7) is 2.48. The van der Waals surface area contributed by atoms with Crippen LogP contribution < -0.4 is 5.32 Å². The lowest BCUT2D eigenvalue weighted by atomic mass is 9.97. The Bertz CT molecular complexity index is 998. The molecule has 28 heavy (non-hydrogen) atoms. The maximum absolute atomic E-state index is 10.7. The molecule has 146 valence electrons. The molecule has 0 atom stereocenters. The van der Waals surface area contributed by atoms with Crippen molar-refractivity contribution in [2.24, 2.45) is 0 Å². The van der Waals surface area contributed by atoms with Crippen molar-refractivity contribution >= 4 is 33.3 Å². The predicted octanol–water partition coefficient (Wildman–Crippen LogP) is 4.09.